The number of anilines is 1. The Morgan fingerprint density at radius 3 is 2.85 bits per heavy atom. The Morgan fingerprint density at radius 2 is 2.05 bits per heavy atom. The summed E-state index contributed by atoms with van der Waals surface area (Å²) in [5.41, 5.74) is 0.507. The first kappa shape index (κ1) is 12.1. The molecule has 1 aromatic carbocycles. The highest BCUT2D eigenvalue weighted by molar-refractivity contribution is 5.81. The Hall–Kier alpha value is -2.93. The molecule has 100 valence electrons. The van der Waals surface area contributed by atoms with Crippen molar-refractivity contribution in [2.45, 2.75) is 0 Å². The van der Waals surface area contributed by atoms with Crippen molar-refractivity contribution < 1.29 is 10.1 Å². The summed E-state index contributed by atoms with van der Waals surface area (Å²) < 4.78 is 1.42. The van der Waals surface area contributed by atoms with E-state index in [1.54, 1.807) is 18.3 Å². The fourth-order valence-corrected chi connectivity index (χ4v) is 2.04. The molecule has 0 saturated carbocycles. The molecule has 7 nitrogen and oxygen atoms in total. The third-order valence-electron chi connectivity index (χ3n) is 2.97. The van der Waals surface area contributed by atoms with Crippen molar-refractivity contribution in [2.24, 2.45) is 0 Å². The van der Waals surface area contributed by atoms with Gasteiger partial charge in [0.1, 0.15) is 0 Å². The number of nitrogens with zero attached hydrogens (tertiary/aromatic N) is 4. The van der Waals surface area contributed by atoms with Gasteiger partial charge in [0, 0.05) is 23.8 Å². The number of rotatable bonds is 3. The van der Waals surface area contributed by atoms with Crippen molar-refractivity contribution in [3.8, 4) is 0 Å². The van der Waals surface area contributed by atoms with E-state index < -0.39 is 4.92 Å². The first-order valence-corrected chi connectivity index (χ1v) is 5.82. The Kier molecular flexibility index (Phi) is 2.81. The van der Waals surface area contributed by atoms with E-state index in [2.05, 4.69) is 4.98 Å². The summed E-state index contributed by atoms with van der Waals surface area (Å²) >= 11 is 0. The van der Waals surface area contributed by atoms with Gasteiger partial charge in [-0.15, -0.1) is 5.17 Å². The Bertz CT molecular complexity index is 784. The first-order chi connectivity index (χ1) is 9.68. The molecule has 2 aromatic heterocycles. The molecule has 1 N–H and O–H groups in total. The van der Waals surface area contributed by atoms with E-state index in [4.69, 9.17) is 0 Å². The first-order valence-electron chi connectivity index (χ1n) is 5.82. The van der Waals surface area contributed by atoms with Gasteiger partial charge < -0.3 is 0 Å². The summed E-state index contributed by atoms with van der Waals surface area (Å²) in [5.74, 6) is 0. The van der Waals surface area contributed by atoms with Gasteiger partial charge in [0.05, 0.1) is 16.6 Å². The molecule has 0 aliphatic rings. The summed E-state index contributed by atoms with van der Waals surface area (Å²) in [6.07, 6.45) is 4.18. The quantitative estimate of drug-likeness (QED) is 0.584. The zero-order valence-corrected chi connectivity index (χ0v) is 10.2. The molecular formula is C13H10N4O3. The van der Waals surface area contributed by atoms with E-state index in [9.17, 15) is 15.3 Å². The molecule has 0 aliphatic carbocycles. The number of hydrogen-bond acceptors (Lipinski definition) is 5. The topological polar surface area (TPSA) is 84.4 Å². The van der Waals surface area contributed by atoms with Crippen LogP contribution in [0.1, 0.15) is 0 Å². The van der Waals surface area contributed by atoms with Crippen molar-refractivity contribution in [2.75, 3.05) is 5.17 Å². The van der Waals surface area contributed by atoms with Crippen LogP contribution in [-0.2, 0) is 0 Å². The van der Waals surface area contributed by atoms with Crippen LogP contribution in [0.4, 0.5) is 11.4 Å². The van der Waals surface area contributed by atoms with E-state index in [0.717, 1.165) is 10.9 Å². The minimum absolute atomic E-state index is 0.00106. The Labute approximate surface area is 113 Å². The number of para-hydroxylation sites is 1. The van der Waals surface area contributed by atoms with Crippen LogP contribution < -0.4 is 5.17 Å². The number of fused-ring (bicyclic) bond motifs is 1. The lowest BCUT2D eigenvalue weighted by Gasteiger charge is -2.18. The molecule has 0 saturated heterocycles. The maximum Gasteiger partial charge on any atom is 0.300 e. The number of nitro groups is 1. The highest BCUT2D eigenvalue weighted by Gasteiger charge is 2.20. The Balaban J connectivity index is 2.13. The van der Waals surface area contributed by atoms with Gasteiger partial charge in [0.25, 0.3) is 5.69 Å². The van der Waals surface area contributed by atoms with Gasteiger partial charge in [-0.05, 0) is 12.1 Å². The summed E-state index contributed by atoms with van der Waals surface area (Å²) in [4.78, 5) is 14.2. The molecule has 0 fully saturated rings. The second kappa shape index (κ2) is 4.63. The molecule has 20 heavy (non-hydrogen) atoms. The molecule has 0 radical (unpaired) electrons. The molecular weight excluding hydrogens is 260 g/mol. The highest BCUT2D eigenvalue weighted by Crippen LogP contribution is 2.27. The van der Waals surface area contributed by atoms with E-state index in [0.29, 0.717) is 5.17 Å². The Morgan fingerprint density at radius 1 is 1.25 bits per heavy atom. The largest absolute Gasteiger partial charge is 0.300 e. The fraction of sp³-hybridized carbons (Fsp3) is 0. The lowest BCUT2D eigenvalue weighted by atomic mass is 10.3. The molecule has 7 heteroatoms. The van der Waals surface area contributed by atoms with Gasteiger partial charge in [0.2, 0.25) is 0 Å². The molecule has 0 aliphatic heterocycles. The summed E-state index contributed by atoms with van der Waals surface area (Å²) in [6, 6.07) is 10.4. The molecule has 3 aromatic rings. The summed E-state index contributed by atoms with van der Waals surface area (Å²) in [5, 5.41) is 22.9. The molecule has 0 spiro atoms. The third-order valence-corrected chi connectivity index (χ3v) is 2.97. The lowest BCUT2D eigenvalue weighted by Crippen LogP contribution is -2.25. The molecule has 0 bridgehead atoms. The van der Waals surface area contributed by atoms with Crippen LogP contribution in [0.2, 0.25) is 0 Å². The zero-order chi connectivity index (χ0) is 14.1. The average Bonchev–Trinajstić information content (AvgIpc) is 2.90. The van der Waals surface area contributed by atoms with Crippen LogP contribution in [0.25, 0.3) is 10.9 Å². The van der Waals surface area contributed by atoms with Crippen LogP contribution in [0.15, 0.2) is 55.0 Å². The van der Waals surface area contributed by atoms with Crippen molar-refractivity contribution in [1.82, 2.24) is 9.66 Å². The second-order valence-electron chi connectivity index (χ2n) is 4.13. The minimum Gasteiger partial charge on any atom is -0.268 e. The average molecular weight is 270 g/mol. The smallest absolute Gasteiger partial charge is 0.268 e. The third kappa shape index (κ3) is 1.86. The molecule has 0 amide bonds. The monoisotopic (exact) mass is 270 g/mol. The summed E-state index contributed by atoms with van der Waals surface area (Å²) in [7, 11) is 0. The van der Waals surface area contributed by atoms with Gasteiger partial charge in [-0.3, -0.25) is 20.3 Å². The van der Waals surface area contributed by atoms with Crippen molar-refractivity contribution in [3.05, 3.63) is 65.1 Å². The molecule has 3 rings (SSSR count). The van der Waals surface area contributed by atoms with Crippen molar-refractivity contribution in [3.63, 3.8) is 0 Å². The molecule has 2 heterocycles. The van der Waals surface area contributed by atoms with Crippen LogP contribution in [0.3, 0.4) is 0 Å². The minimum atomic E-state index is -0.564. The van der Waals surface area contributed by atoms with E-state index in [-0.39, 0.29) is 11.4 Å². The van der Waals surface area contributed by atoms with E-state index in [1.165, 1.54) is 23.1 Å². The predicted octanol–water partition coefficient (Wildman–Crippen LogP) is 2.60. The van der Waals surface area contributed by atoms with Crippen LogP contribution in [-0.4, -0.2) is 19.8 Å². The second-order valence-corrected chi connectivity index (χ2v) is 4.13. The van der Waals surface area contributed by atoms with Gasteiger partial charge in [-0.25, -0.2) is 4.68 Å². The van der Waals surface area contributed by atoms with Crippen LogP contribution in [0, 0.1) is 10.1 Å². The SMILES string of the molecule is O=[N+]([O-])c1ccncc1N(O)n1ccc2ccccc21. The predicted molar refractivity (Wildman–Crippen MR) is 72.5 cm³/mol. The standard InChI is InChI=1S/C13H10N4O3/c18-16(13-9-14-7-5-12(13)17(19)20)15-8-6-10-3-1-2-4-11(10)15/h1-9,18H. The van der Waals surface area contributed by atoms with Crippen LogP contribution >= 0.6 is 0 Å². The van der Waals surface area contributed by atoms with Gasteiger partial charge in [-0.1, -0.05) is 18.2 Å². The van der Waals surface area contributed by atoms with Crippen molar-refractivity contribution >= 4 is 22.3 Å². The summed E-state index contributed by atoms with van der Waals surface area (Å²) in [6.45, 7) is 0. The van der Waals surface area contributed by atoms with Gasteiger partial charge >= 0.3 is 0 Å². The number of hydrogen-bond donors (Lipinski definition) is 1. The fourth-order valence-electron chi connectivity index (χ4n) is 2.04. The van der Waals surface area contributed by atoms with Gasteiger partial charge in [0.15, 0.2) is 5.69 Å². The van der Waals surface area contributed by atoms with Gasteiger partial charge in [-0.2, -0.15) is 0 Å². The highest BCUT2D eigenvalue weighted by atomic mass is 16.6. The van der Waals surface area contributed by atoms with E-state index >= 15 is 0 Å². The molecule has 0 atom stereocenters. The van der Waals surface area contributed by atoms with E-state index in [1.807, 2.05) is 18.2 Å². The maximum absolute atomic E-state index is 11.0. The number of pyridine rings is 1. The molecule has 0 unspecified atom stereocenters. The zero-order valence-electron chi connectivity index (χ0n) is 10.2. The maximum atomic E-state index is 11.0. The van der Waals surface area contributed by atoms with Crippen LogP contribution in [0.5, 0.6) is 0 Å². The lowest BCUT2D eigenvalue weighted by molar-refractivity contribution is -0.384. The normalized spacial score (nSPS) is 10.7. The van der Waals surface area contributed by atoms with Crippen molar-refractivity contribution in [1.29, 1.82) is 0 Å². The number of aromatic nitrogens is 2. The number of benzene rings is 1.